The van der Waals surface area contributed by atoms with Crippen LogP contribution in [0.2, 0.25) is 0 Å². The van der Waals surface area contributed by atoms with Crippen molar-refractivity contribution in [3.8, 4) is 17.2 Å². The quantitative estimate of drug-likeness (QED) is 0.469. The minimum absolute atomic E-state index is 0.269. The molecule has 1 amide bonds. The first kappa shape index (κ1) is 26.3. The Kier molecular flexibility index (Phi) is 9.47. The van der Waals surface area contributed by atoms with Crippen LogP contribution in [0.25, 0.3) is 0 Å². The summed E-state index contributed by atoms with van der Waals surface area (Å²) in [5, 5.41) is 11.1. The maximum Gasteiger partial charge on any atom is 0.222 e. The molecule has 7 nitrogen and oxygen atoms in total. The van der Waals surface area contributed by atoms with Crippen molar-refractivity contribution >= 4 is 5.91 Å². The molecule has 2 aliphatic rings. The minimum atomic E-state index is -0.865. The van der Waals surface area contributed by atoms with Gasteiger partial charge in [0.25, 0.3) is 0 Å². The second-order valence-corrected chi connectivity index (χ2v) is 10.0. The van der Waals surface area contributed by atoms with Gasteiger partial charge in [-0.1, -0.05) is 30.7 Å². The number of para-hydroxylation sites is 1. The van der Waals surface area contributed by atoms with Crippen molar-refractivity contribution in [2.75, 3.05) is 46.5 Å². The van der Waals surface area contributed by atoms with Crippen molar-refractivity contribution in [3.05, 3.63) is 54.1 Å². The predicted molar refractivity (Wildman–Crippen MR) is 140 cm³/mol. The SMILES string of the molecule is COc1cc(CN2CCC[C@@](O)(COc3ccccc3)C2)ccc1OCCCN1CCCCCC1=O. The average Bonchev–Trinajstić information content (AvgIpc) is 3.10. The zero-order chi connectivity index (χ0) is 25.2. The topological polar surface area (TPSA) is 71.5 Å². The molecular weight excluding hydrogens is 456 g/mol. The van der Waals surface area contributed by atoms with Crippen LogP contribution in [0.1, 0.15) is 50.5 Å². The van der Waals surface area contributed by atoms with Crippen LogP contribution in [0.15, 0.2) is 48.5 Å². The lowest BCUT2D eigenvalue weighted by molar-refractivity contribution is -0.130. The first-order valence-corrected chi connectivity index (χ1v) is 13.2. The molecule has 0 radical (unpaired) electrons. The highest BCUT2D eigenvalue weighted by Gasteiger charge is 2.34. The van der Waals surface area contributed by atoms with Crippen LogP contribution in [0, 0.1) is 0 Å². The summed E-state index contributed by atoms with van der Waals surface area (Å²) in [6, 6.07) is 15.7. The van der Waals surface area contributed by atoms with Gasteiger partial charge in [-0.15, -0.1) is 0 Å². The van der Waals surface area contributed by atoms with Gasteiger partial charge in [-0.3, -0.25) is 9.69 Å². The smallest absolute Gasteiger partial charge is 0.222 e. The van der Waals surface area contributed by atoms with E-state index >= 15 is 0 Å². The van der Waals surface area contributed by atoms with Crippen molar-refractivity contribution in [1.82, 2.24) is 9.80 Å². The van der Waals surface area contributed by atoms with Gasteiger partial charge in [0.15, 0.2) is 11.5 Å². The summed E-state index contributed by atoms with van der Waals surface area (Å²) in [6.45, 7) is 4.65. The fraction of sp³-hybridized carbons (Fsp3) is 0.552. The Morgan fingerprint density at radius 2 is 1.83 bits per heavy atom. The Labute approximate surface area is 214 Å². The summed E-state index contributed by atoms with van der Waals surface area (Å²) in [7, 11) is 1.66. The van der Waals surface area contributed by atoms with Crippen LogP contribution in [0.4, 0.5) is 0 Å². The Hall–Kier alpha value is -2.77. The molecule has 0 spiro atoms. The van der Waals surface area contributed by atoms with E-state index < -0.39 is 5.60 Å². The lowest BCUT2D eigenvalue weighted by Crippen LogP contribution is -2.51. The van der Waals surface area contributed by atoms with E-state index in [0.717, 1.165) is 81.8 Å². The van der Waals surface area contributed by atoms with Gasteiger partial charge in [-0.25, -0.2) is 0 Å². The lowest BCUT2D eigenvalue weighted by atomic mass is 9.93. The number of hydrogen-bond donors (Lipinski definition) is 1. The van der Waals surface area contributed by atoms with Crippen molar-refractivity contribution < 1.29 is 24.1 Å². The molecule has 0 saturated carbocycles. The second-order valence-electron chi connectivity index (χ2n) is 10.0. The van der Waals surface area contributed by atoms with Crippen molar-refractivity contribution in [2.24, 2.45) is 0 Å². The number of β-amino-alcohol motifs (C(OH)–C–C–N with tert-alkyl or cyclic N) is 1. The molecule has 0 bridgehead atoms. The standard InChI is InChI=1S/C29H40N2O5/c1-34-27-20-24(13-14-26(27)35-19-9-18-31-17-7-3-6-12-28(31)32)21-30-16-8-15-29(33,22-30)23-36-25-10-4-2-5-11-25/h2,4-5,10-11,13-14,20,33H,3,6-9,12,15-19,21-23H2,1H3/t29-/m0/s1. The van der Waals surface area contributed by atoms with E-state index in [0.29, 0.717) is 25.3 Å². The molecule has 7 heteroatoms. The van der Waals surface area contributed by atoms with Crippen LogP contribution >= 0.6 is 0 Å². The van der Waals surface area contributed by atoms with E-state index in [1.54, 1.807) is 7.11 Å². The molecule has 4 rings (SSSR count). The van der Waals surface area contributed by atoms with E-state index in [1.807, 2.05) is 47.4 Å². The highest BCUT2D eigenvalue weighted by molar-refractivity contribution is 5.76. The molecule has 2 heterocycles. The molecule has 1 N–H and O–H groups in total. The van der Waals surface area contributed by atoms with Crippen LogP contribution in [-0.2, 0) is 11.3 Å². The maximum atomic E-state index is 12.2. The number of carbonyl (C=O) groups is 1. The first-order chi connectivity index (χ1) is 17.5. The van der Waals surface area contributed by atoms with Gasteiger partial charge in [0.1, 0.15) is 18.0 Å². The summed E-state index contributed by atoms with van der Waals surface area (Å²) >= 11 is 0. The number of ether oxygens (including phenoxy) is 3. The van der Waals surface area contributed by atoms with Gasteiger partial charge in [-0.05, 0) is 68.5 Å². The third kappa shape index (κ3) is 7.61. The van der Waals surface area contributed by atoms with E-state index in [2.05, 4.69) is 11.0 Å². The van der Waals surface area contributed by atoms with Gasteiger partial charge in [0.2, 0.25) is 5.91 Å². The van der Waals surface area contributed by atoms with Gasteiger partial charge < -0.3 is 24.2 Å². The molecule has 36 heavy (non-hydrogen) atoms. The molecule has 2 aromatic rings. The highest BCUT2D eigenvalue weighted by Crippen LogP contribution is 2.30. The number of amides is 1. The van der Waals surface area contributed by atoms with Crippen LogP contribution in [0.5, 0.6) is 17.2 Å². The second kappa shape index (κ2) is 13.0. The molecule has 0 unspecified atom stereocenters. The van der Waals surface area contributed by atoms with Crippen LogP contribution in [-0.4, -0.2) is 72.9 Å². The fourth-order valence-electron chi connectivity index (χ4n) is 5.09. The van der Waals surface area contributed by atoms with E-state index in [1.165, 1.54) is 0 Å². The molecular formula is C29H40N2O5. The highest BCUT2D eigenvalue weighted by atomic mass is 16.5. The fourth-order valence-corrected chi connectivity index (χ4v) is 5.09. The lowest BCUT2D eigenvalue weighted by Gasteiger charge is -2.39. The van der Waals surface area contributed by atoms with Gasteiger partial charge in [0, 0.05) is 32.6 Å². The Morgan fingerprint density at radius 1 is 0.972 bits per heavy atom. The summed E-state index contributed by atoms with van der Waals surface area (Å²) in [4.78, 5) is 16.4. The largest absolute Gasteiger partial charge is 0.493 e. The number of likely N-dealkylation sites (tertiary alicyclic amines) is 2. The molecule has 0 aromatic heterocycles. The summed E-state index contributed by atoms with van der Waals surface area (Å²) in [5.74, 6) is 2.47. The van der Waals surface area contributed by atoms with Gasteiger partial charge in [-0.2, -0.15) is 0 Å². The van der Waals surface area contributed by atoms with E-state index in [4.69, 9.17) is 14.2 Å². The number of methoxy groups -OCH3 is 1. The molecule has 1 atom stereocenters. The molecule has 196 valence electrons. The number of benzene rings is 2. The average molecular weight is 497 g/mol. The number of carbonyl (C=O) groups excluding carboxylic acids is 1. The Balaban J connectivity index is 1.26. The summed E-state index contributed by atoms with van der Waals surface area (Å²) in [5.41, 5.74) is 0.248. The molecule has 2 aromatic carbocycles. The van der Waals surface area contributed by atoms with Crippen LogP contribution in [0.3, 0.4) is 0 Å². The minimum Gasteiger partial charge on any atom is -0.493 e. The molecule has 0 aliphatic carbocycles. The molecule has 2 saturated heterocycles. The van der Waals surface area contributed by atoms with Gasteiger partial charge in [0.05, 0.1) is 13.7 Å². The van der Waals surface area contributed by atoms with Crippen LogP contribution < -0.4 is 14.2 Å². The predicted octanol–water partition coefficient (Wildman–Crippen LogP) is 4.27. The number of hydrogen-bond acceptors (Lipinski definition) is 6. The monoisotopic (exact) mass is 496 g/mol. The van der Waals surface area contributed by atoms with E-state index in [9.17, 15) is 9.90 Å². The van der Waals surface area contributed by atoms with Crippen molar-refractivity contribution in [2.45, 2.75) is 57.1 Å². The number of nitrogens with zero attached hydrogens (tertiary/aromatic N) is 2. The zero-order valence-electron chi connectivity index (χ0n) is 21.5. The number of piperidine rings is 1. The third-order valence-corrected chi connectivity index (χ3v) is 7.02. The molecule has 2 aliphatic heterocycles. The Bertz CT molecular complexity index is 969. The van der Waals surface area contributed by atoms with Crippen molar-refractivity contribution in [1.29, 1.82) is 0 Å². The maximum absolute atomic E-state index is 12.2. The zero-order valence-corrected chi connectivity index (χ0v) is 21.5. The molecule has 2 fully saturated rings. The Morgan fingerprint density at radius 3 is 2.67 bits per heavy atom. The summed E-state index contributed by atoms with van der Waals surface area (Å²) in [6.07, 6.45) is 6.37. The summed E-state index contributed by atoms with van der Waals surface area (Å²) < 4.78 is 17.5. The normalized spacial score (nSPS) is 21.2. The van der Waals surface area contributed by atoms with Gasteiger partial charge >= 0.3 is 0 Å². The first-order valence-electron chi connectivity index (χ1n) is 13.2. The van der Waals surface area contributed by atoms with Crippen molar-refractivity contribution in [3.63, 3.8) is 0 Å². The van der Waals surface area contributed by atoms with E-state index in [-0.39, 0.29) is 12.5 Å². The number of rotatable bonds is 11. The third-order valence-electron chi connectivity index (χ3n) is 7.02. The number of aliphatic hydroxyl groups is 1.